The molecule has 8 rings (SSSR count). The van der Waals surface area contributed by atoms with E-state index in [-0.39, 0.29) is 17.8 Å². The van der Waals surface area contributed by atoms with Gasteiger partial charge < -0.3 is 19.3 Å². The van der Waals surface area contributed by atoms with E-state index in [4.69, 9.17) is 24.2 Å². The summed E-state index contributed by atoms with van der Waals surface area (Å²) in [4.78, 5) is 9.96. The zero-order chi connectivity index (χ0) is 31.0. The van der Waals surface area contributed by atoms with Crippen LogP contribution in [0.1, 0.15) is 41.3 Å². The molecule has 1 N–H and O–H groups in total. The first kappa shape index (κ1) is 27.9. The van der Waals surface area contributed by atoms with Crippen molar-refractivity contribution in [1.29, 1.82) is 0 Å². The third-order valence-corrected chi connectivity index (χ3v) is 8.69. The minimum Gasteiger partial charge on any atom is -0.506 e. The summed E-state index contributed by atoms with van der Waals surface area (Å²) in [7, 11) is 0. The number of aliphatic imine (C=N–C) groups is 2. The second-order valence-electron chi connectivity index (χ2n) is 11.5. The van der Waals surface area contributed by atoms with Gasteiger partial charge in [-0.2, -0.15) is 0 Å². The van der Waals surface area contributed by atoms with Gasteiger partial charge in [0.1, 0.15) is 36.8 Å². The van der Waals surface area contributed by atoms with Gasteiger partial charge in [0.05, 0.1) is 17.7 Å². The Morgan fingerprint density at radius 1 is 0.630 bits per heavy atom. The number of nitrogens with zero attached hydrogens (tertiary/aromatic N) is 2. The Labute approximate surface area is 267 Å². The maximum absolute atomic E-state index is 12.3. The number of phenols is 1. The van der Waals surface area contributed by atoms with Crippen molar-refractivity contribution >= 4 is 33.3 Å². The second-order valence-corrected chi connectivity index (χ2v) is 11.5. The highest BCUT2D eigenvalue weighted by molar-refractivity contribution is 6.17. The van der Waals surface area contributed by atoms with Crippen LogP contribution < -0.4 is 4.74 Å². The Morgan fingerprint density at radius 2 is 1.11 bits per heavy atom. The molecular weight excluding hydrogens is 572 g/mol. The molecule has 0 fully saturated rings. The fraction of sp³-hybridized carbons (Fsp3) is 0.150. The third kappa shape index (κ3) is 4.83. The predicted octanol–water partition coefficient (Wildman–Crippen LogP) is 8.80. The molecule has 0 radical (unpaired) electrons. The molecule has 0 saturated heterocycles. The number of phenolic OH excluding ortho intramolecular Hbond substituents is 1. The summed E-state index contributed by atoms with van der Waals surface area (Å²) in [6, 6.07) is 40.3. The quantitative estimate of drug-likeness (QED) is 0.198. The van der Waals surface area contributed by atoms with Crippen LogP contribution in [0.2, 0.25) is 0 Å². The van der Waals surface area contributed by atoms with Crippen molar-refractivity contribution in [2.24, 2.45) is 9.98 Å². The number of rotatable bonds is 7. The van der Waals surface area contributed by atoms with Crippen molar-refractivity contribution in [2.45, 2.75) is 19.0 Å². The summed E-state index contributed by atoms with van der Waals surface area (Å²) in [6.45, 7) is 3.23. The van der Waals surface area contributed by atoms with Gasteiger partial charge in [0.2, 0.25) is 11.8 Å². The third-order valence-electron chi connectivity index (χ3n) is 8.69. The largest absolute Gasteiger partial charge is 0.506 e. The van der Waals surface area contributed by atoms with Crippen LogP contribution >= 0.6 is 0 Å². The van der Waals surface area contributed by atoms with E-state index >= 15 is 0 Å². The van der Waals surface area contributed by atoms with E-state index < -0.39 is 0 Å². The summed E-state index contributed by atoms with van der Waals surface area (Å²) in [5, 5.41) is 16.1. The normalized spacial score (nSPS) is 17.4. The van der Waals surface area contributed by atoms with Crippen molar-refractivity contribution in [3.05, 3.63) is 144 Å². The number of aromatic hydroxyl groups is 1. The maximum atomic E-state index is 12.3. The molecule has 6 aromatic carbocycles. The highest BCUT2D eigenvalue weighted by Gasteiger charge is 2.31. The van der Waals surface area contributed by atoms with Gasteiger partial charge in [-0.1, -0.05) is 109 Å². The average Bonchev–Trinajstić information content (AvgIpc) is 3.80. The maximum Gasteiger partial charge on any atom is 0.220 e. The SMILES string of the molecule is CCOc1c(C2=N[C@H](c3ccccc3)CO2)cc2ccccc2c1-c1c(O)c(C2=NC(c3ccccc3)CO2)cc2ccccc12. The summed E-state index contributed by atoms with van der Waals surface area (Å²) >= 11 is 0. The first-order chi connectivity index (χ1) is 22.7. The minimum absolute atomic E-state index is 0.0888. The average molecular weight is 605 g/mol. The molecule has 0 amide bonds. The van der Waals surface area contributed by atoms with Gasteiger partial charge in [-0.05, 0) is 51.7 Å². The van der Waals surface area contributed by atoms with Crippen molar-refractivity contribution in [2.75, 3.05) is 19.8 Å². The molecule has 0 aromatic heterocycles. The van der Waals surface area contributed by atoms with E-state index in [2.05, 4.69) is 30.3 Å². The molecule has 2 aliphatic heterocycles. The number of hydrogen-bond acceptors (Lipinski definition) is 6. The van der Waals surface area contributed by atoms with Crippen LogP contribution in [0.15, 0.2) is 131 Å². The number of benzene rings is 6. The van der Waals surface area contributed by atoms with E-state index in [0.29, 0.717) is 48.5 Å². The lowest BCUT2D eigenvalue weighted by atomic mass is 9.88. The second kappa shape index (κ2) is 11.7. The zero-order valence-electron chi connectivity index (χ0n) is 25.4. The van der Waals surface area contributed by atoms with E-state index in [0.717, 1.165) is 43.8 Å². The van der Waals surface area contributed by atoms with Crippen molar-refractivity contribution in [3.8, 4) is 22.6 Å². The first-order valence-electron chi connectivity index (χ1n) is 15.6. The van der Waals surface area contributed by atoms with E-state index in [9.17, 15) is 5.11 Å². The van der Waals surface area contributed by atoms with Crippen LogP contribution in [0.25, 0.3) is 32.7 Å². The summed E-state index contributed by atoms with van der Waals surface area (Å²) in [6.07, 6.45) is 0. The van der Waals surface area contributed by atoms with Gasteiger partial charge in [0.25, 0.3) is 0 Å². The van der Waals surface area contributed by atoms with Gasteiger partial charge in [0, 0.05) is 11.1 Å². The summed E-state index contributed by atoms with van der Waals surface area (Å²) < 4.78 is 18.9. The van der Waals surface area contributed by atoms with E-state index in [1.165, 1.54) is 0 Å². The van der Waals surface area contributed by atoms with Crippen LogP contribution in [0.3, 0.4) is 0 Å². The monoisotopic (exact) mass is 604 g/mol. The number of fused-ring (bicyclic) bond motifs is 2. The van der Waals surface area contributed by atoms with Gasteiger partial charge >= 0.3 is 0 Å². The fourth-order valence-corrected chi connectivity index (χ4v) is 6.52. The highest BCUT2D eigenvalue weighted by Crippen LogP contribution is 2.49. The van der Waals surface area contributed by atoms with Crippen LogP contribution in [0.4, 0.5) is 0 Å². The molecule has 6 heteroatoms. The molecule has 2 atom stereocenters. The molecule has 6 aromatic rings. The van der Waals surface area contributed by atoms with Gasteiger partial charge in [-0.25, -0.2) is 9.98 Å². The van der Waals surface area contributed by atoms with Crippen LogP contribution in [0.5, 0.6) is 11.5 Å². The van der Waals surface area contributed by atoms with Crippen LogP contribution in [0, 0.1) is 0 Å². The molecule has 2 heterocycles. The Kier molecular flexibility index (Phi) is 7.10. The van der Waals surface area contributed by atoms with E-state index in [1.807, 2.05) is 97.9 Å². The molecular formula is C40H32N2O4. The lowest BCUT2D eigenvalue weighted by Gasteiger charge is -2.21. The van der Waals surface area contributed by atoms with Crippen molar-refractivity contribution in [1.82, 2.24) is 0 Å². The lowest BCUT2D eigenvalue weighted by molar-refractivity contribution is 0.314. The summed E-state index contributed by atoms with van der Waals surface area (Å²) in [5.41, 5.74) is 4.89. The summed E-state index contributed by atoms with van der Waals surface area (Å²) in [5.74, 6) is 1.65. The highest BCUT2D eigenvalue weighted by atomic mass is 16.5. The topological polar surface area (TPSA) is 72.6 Å². The Balaban J connectivity index is 1.37. The molecule has 0 bridgehead atoms. The molecule has 2 aliphatic rings. The first-order valence-corrected chi connectivity index (χ1v) is 15.6. The standard InChI is InChI=1S/C40H32N2O4/c1-2-44-38-32(40-42-34(24-46-40)26-15-7-4-8-16-26)22-28-18-10-12-20-30(28)36(38)35-29-19-11-9-17-27(29)21-31(37(35)43)39-41-33(23-45-39)25-13-5-3-6-14-25/h3-22,33-34,43H,2,23-24H2,1H3/t33?,34-/m0/s1. The van der Waals surface area contributed by atoms with Gasteiger partial charge in [-0.15, -0.1) is 0 Å². The van der Waals surface area contributed by atoms with Gasteiger partial charge in [-0.3, -0.25) is 0 Å². The van der Waals surface area contributed by atoms with Gasteiger partial charge in [0.15, 0.2) is 0 Å². The smallest absolute Gasteiger partial charge is 0.220 e. The number of ether oxygens (including phenoxy) is 3. The molecule has 0 saturated carbocycles. The molecule has 46 heavy (non-hydrogen) atoms. The van der Waals surface area contributed by atoms with Crippen molar-refractivity contribution in [3.63, 3.8) is 0 Å². The predicted molar refractivity (Wildman–Crippen MR) is 183 cm³/mol. The van der Waals surface area contributed by atoms with Crippen LogP contribution in [-0.2, 0) is 9.47 Å². The molecule has 6 nitrogen and oxygen atoms in total. The molecule has 226 valence electrons. The number of hydrogen-bond donors (Lipinski definition) is 1. The van der Waals surface area contributed by atoms with Crippen LogP contribution in [-0.4, -0.2) is 36.7 Å². The zero-order valence-corrected chi connectivity index (χ0v) is 25.4. The Bertz CT molecular complexity index is 2140. The van der Waals surface area contributed by atoms with Crippen molar-refractivity contribution < 1.29 is 19.3 Å². The lowest BCUT2D eigenvalue weighted by Crippen LogP contribution is -2.08. The fourth-order valence-electron chi connectivity index (χ4n) is 6.52. The Hall–Kier alpha value is -5.62. The molecule has 0 spiro atoms. The molecule has 1 unspecified atom stereocenters. The van der Waals surface area contributed by atoms with E-state index in [1.54, 1.807) is 0 Å². The Morgan fingerprint density at radius 3 is 1.67 bits per heavy atom. The minimum atomic E-state index is -0.149. The molecule has 0 aliphatic carbocycles.